The van der Waals surface area contributed by atoms with E-state index in [-0.39, 0.29) is 5.82 Å². The van der Waals surface area contributed by atoms with Gasteiger partial charge in [0.15, 0.2) is 0 Å². The minimum atomic E-state index is -0.835. The lowest BCUT2D eigenvalue weighted by Gasteiger charge is -2.03. The Morgan fingerprint density at radius 1 is 1.00 bits per heavy atom. The topological polar surface area (TPSA) is 33.4 Å². The van der Waals surface area contributed by atoms with Crippen molar-refractivity contribution in [1.82, 2.24) is 0 Å². The highest BCUT2D eigenvalue weighted by atomic mass is 32.1. The van der Waals surface area contributed by atoms with Crippen LogP contribution < -0.4 is 0 Å². The first kappa shape index (κ1) is 12.6. The van der Waals surface area contributed by atoms with Crippen LogP contribution in [-0.4, -0.2) is 5.11 Å². The first-order valence-electron chi connectivity index (χ1n) is 6.56. The Morgan fingerprint density at radius 3 is 2.71 bits per heavy atom. The van der Waals surface area contributed by atoms with Crippen molar-refractivity contribution in [2.75, 3.05) is 0 Å². The van der Waals surface area contributed by atoms with E-state index in [2.05, 4.69) is 0 Å². The van der Waals surface area contributed by atoms with Crippen molar-refractivity contribution < 1.29 is 13.9 Å². The van der Waals surface area contributed by atoms with Gasteiger partial charge in [-0.15, -0.1) is 11.3 Å². The predicted octanol–water partition coefficient (Wildman–Crippen LogP) is 4.87. The van der Waals surface area contributed by atoms with Gasteiger partial charge in [0.25, 0.3) is 0 Å². The summed E-state index contributed by atoms with van der Waals surface area (Å²) in [5.74, 6) is 0.234. The monoisotopic (exact) mass is 298 g/mol. The van der Waals surface area contributed by atoms with Crippen molar-refractivity contribution in [3.05, 3.63) is 71.1 Å². The van der Waals surface area contributed by atoms with E-state index in [0.717, 1.165) is 25.9 Å². The van der Waals surface area contributed by atoms with Crippen LogP contribution in [0.4, 0.5) is 4.39 Å². The van der Waals surface area contributed by atoms with Crippen molar-refractivity contribution in [3.8, 4) is 0 Å². The van der Waals surface area contributed by atoms with E-state index >= 15 is 0 Å². The second kappa shape index (κ2) is 4.69. The largest absolute Gasteiger partial charge is 0.458 e. The molecule has 21 heavy (non-hydrogen) atoms. The van der Waals surface area contributed by atoms with Crippen LogP contribution in [-0.2, 0) is 0 Å². The summed E-state index contributed by atoms with van der Waals surface area (Å²) < 4.78 is 19.7. The number of rotatable bonds is 2. The highest BCUT2D eigenvalue weighted by Gasteiger charge is 2.18. The SMILES string of the molecule is OC(c1cc2ccccc2o1)c1cc2ccc(F)cc2s1. The molecule has 0 saturated carbocycles. The lowest BCUT2D eigenvalue weighted by atomic mass is 10.2. The summed E-state index contributed by atoms with van der Waals surface area (Å²) in [6, 6.07) is 16.0. The van der Waals surface area contributed by atoms with E-state index in [1.807, 2.05) is 36.4 Å². The molecule has 0 amide bonds. The van der Waals surface area contributed by atoms with Crippen LogP contribution in [0, 0.1) is 5.82 Å². The van der Waals surface area contributed by atoms with Crippen molar-refractivity contribution in [1.29, 1.82) is 0 Å². The van der Waals surface area contributed by atoms with Crippen LogP contribution in [0.25, 0.3) is 21.1 Å². The molecule has 1 atom stereocenters. The first-order chi connectivity index (χ1) is 10.2. The van der Waals surface area contributed by atoms with Crippen LogP contribution in [0.3, 0.4) is 0 Å². The molecule has 2 aromatic carbocycles. The normalized spacial score (nSPS) is 13.0. The van der Waals surface area contributed by atoms with E-state index < -0.39 is 6.10 Å². The van der Waals surface area contributed by atoms with E-state index in [1.54, 1.807) is 6.07 Å². The van der Waals surface area contributed by atoms with Crippen molar-refractivity contribution in [2.45, 2.75) is 6.10 Å². The van der Waals surface area contributed by atoms with E-state index in [9.17, 15) is 9.50 Å². The molecule has 2 nitrogen and oxygen atoms in total. The molecule has 4 heteroatoms. The van der Waals surface area contributed by atoms with Crippen LogP contribution in [0.2, 0.25) is 0 Å². The molecular weight excluding hydrogens is 287 g/mol. The summed E-state index contributed by atoms with van der Waals surface area (Å²) in [5.41, 5.74) is 0.749. The molecule has 2 heterocycles. The van der Waals surface area contributed by atoms with Gasteiger partial charge in [-0.1, -0.05) is 24.3 Å². The molecule has 0 radical (unpaired) electrons. The fourth-order valence-corrected chi connectivity index (χ4v) is 3.52. The number of benzene rings is 2. The summed E-state index contributed by atoms with van der Waals surface area (Å²) in [5, 5.41) is 12.4. The molecule has 0 saturated heterocycles. The summed E-state index contributed by atoms with van der Waals surface area (Å²) in [6.45, 7) is 0. The maximum absolute atomic E-state index is 13.2. The van der Waals surface area contributed by atoms with Gasteiger partial charge in [-0.2, -0.15) is 0 Å². The summed E-state index contributed by atoms with van der Waals surface area (Å²) in [6.07, 6.45) is -0.835. The Kier molecular flexibility index (Phi) is 2.80. The zero-order chi connectivity index (χ0) is 14.4. The number of halogens is 1. The van der Waals surface area contributed by atoms with Gasteiger partial charge < -0.3 is 9.52 Å². The molecule has 1 N–H and O–H groups in total. The van der Waals surface area contributed by atoms with Crippen molar-refractivity contribution in [3.63, 3.8) is 0 Å². The van der Waals surface area contributed by atoms with Gasteiger partial charge in [-0.05, 0) is 35.7 Å². The minimum Gasteiger partial charge on any atom is -0.458 e. The fourth-order valence-electron chi connectivity index (χ4n) is 2.44. The number of thiophene rings is 1. The average Bonchev–Trinajstić information content (AvgIpc) is 3.09. The lowest BCUT2D eigenvalue weighted by molar-refractivity contribution is 0.196. The molecule has 4 aromatic rings. The number of para-hydroxylation sites is 1. The number of aliphatic hydroxyl groups is 1. The van der Waals surface area contributed by atoms with Crippen LogP contribution in [0.15, 0.2) is 59.0 Å². The second-order valence-electron chi connectivity index (χ2n) is 4.92. The third-order valence-electron chi connectivity index (χ3n) is 3.48. The van der Waals surface area contributed by atoms with Crippen LogP contribution in [0.5, 0.6) is 0 Å². The number of fused-ring (bicyclic) bond motifs is 2. The van der Waals surface area contributed by atoms with E-state index in [4.69, 9.17) is 4.42 Å². The minimum absolute atomic E-state index is 0.269. The maximum Gasteiger partial charge on any atom is 0.146 e. The highest BCUT2D eigenvalue weighted by Crippen LogP contribution is 2.35. The van der Waals surface area contributed by atoms with Crippen molar-refractivity contribution >= 4 is 32.4 Å². The zero-order valence-electron chi connectivity index (χ0n) is 10.9. The summed E-state index contributed by atoms with van der Waals surface area (Å²) in [7, 11) is 0. The number of furan rings is 1. The Labute approximate surface area is 124 Å². The van der Waals surface area contributed by atoms with Gasteiger partial charge in [0.2, 0.25) is 0 Å². The number of hydrogen-bond acceptors (Lipinski definition) is 3. The van der Waals surface area contributed by atoms with Gasteiger partial charge in [0, 0.05) is 15.0 Å². The third kappa shape index (κ3) is 2.13. The Morgan fingerprint density at radius 2 is 1.86 bits per heavy atom. The van der Waals surface area contributed by atoms with E-state index in [0.29, 0.717) is 5.76 Å². The highest BCUT2D eigenvalue weighted by molar-refractivity contribution is 7.19. The molecule has 0 aliphatic rings. The molecule has 2 aromatic heterocycles. The standard InChI is InChI=1S/C17H11FO2S/c18-12-6-5-11-8-16(21-15(11)9-12)17(19)14-7-10-3-1-2-4-13(10)20-14/h1-9,17,19H. The molecular formula is C17H11FO2S. The Hall–Kier alpha value is -2.17. The van der Waals surface area contributed by atoms with Gasteiger partial charge >= 0.3 is 0 Å². The molecule has 0 bridgehead atoms. The first-order valence-corrected chi connectivity index (χ1v) is 7.38. The molecule has 104 valence electrons. The quantitative estimate of drug-likeness (QED) is 0.573. The second-order valence-corrected chi connectivity index (χ2v) is 6.04. The molecule has 0 fully saturated rings. The summed E-state index contributed by atoms with van der Waals surface area (Å²) in [4.78, 5) is 0.745. The average molecular weight is 298 g/mol. The summed E-state index contributed by atoms with van der Waals surface area (Å²) >= 11 is 1.37. The van der Waals surface area contributed by atoms with Gasteiger partial charge in [0.1, 0.15) is 23.3 Å². The lowest BCUT2D eigenvalue weighted by Crippen LogP contribution is -1.93. The maximum atomic E-state index is 13.2. The van der Waals surface area contributed by atoms with Crippen LogP contribution >= 0.6 is 11.3 Å². The molecule has 0 spiro atoms. The predicted molar refractivity (Wildman–Crippen MR) is 82.1 cm³/mol. The number of aliphatic hydroxyl groups excluding tert-OH is 1. The smallest absolute Gasteiger partial charge is 0.146 e. The van der Waals surface area contributed by atoms with Gasteiger partial charge in [-0.3, -0.25) is 0 Å². The Balaban J connectivity index is 1.79. The Bertz CT molecular complexity index is 905. The van der Waals surface area contributed by atoms with Gasteiger partial charge in [-0.25, -0.2) is 4.39 Å². The zero-order valence-corrected chi connectivity index (χ0v) is 11.7. The van der Waals surface area contributed by atoms with Crippen molar-refractivity contribution in [2.24, 2.45) is 0 Å². The number of hydrogen-bond donors (Lipinski definition) is 1. The van der Waals surface area contributed by atoms with E-state index in [1.165, 1.54) is 23.5 Å². The fraction of sp³-hybridized carbons (Fsp3) is 0.0588. The molecule has 1 unspecified atom stereocenters. The molecule has 0 aliphatic heterocycles. The van der Waals surface area contributed by atoms with Crippen LogP contribution in [0.1, 0.15) is 16.7 Å². The molecule has 0 aliphatic carbocycles. The van der Waals surface area contributed by atoms with Gasteiger partial charge in [0.05, 0.1) is 0 Å². The third-order valence-corrected chi connectivity index (χ3v) is 4.64. The molecule has 4 rings (SSSR count).